The summed E-state index contributed by atoms with van der Waals surface area (Å²) >= 11 is 5.98. The third kappa shape index (κ3) is 6.18. The zero-order valence-electron chi connectivity index (χ0n) is 15.6. The number of ether oxygens (including phenoxy) is 3. The molecule has 0 saturated heterocycles. The number of para-hydroxylation sites is 1. The molecule has 0 spiro atoms. The van der Waals surface area contributed by atoms with Gasteiger partial charge in [-0.25, -0.2) is 5.43 Å². The van der Waals surface area contributed by atoms with E-state index in [0.717, 1.165) is 5.56 Å². The molecule has 0 aromatic heterocycles. The third-order valence-electron chi connectivity index (χ3n) is 3.50. The Kier molecular flexibility index (Phi) is 7.95. The van der Waals surface area contributed by atoms with E-state index in [4.69, 9.17) is 25.8 Å². The minimum Gasteiger partial charge on any atom is -0.490 e. The van der Waals surface area contributed by atoms with Gasteiger partial charge >= 0.3 is 0 Å². The molecule has 0 aliphatic rings. The molecule has 2 aromatic rings. The molecule has 0 radical (unpaired) electrons. The molecule has 1 N–H and O–H groups in total. The zero-order valence-corrected chi connectivity index (χ0v) is 16.4. The Balaban J connectivity index is 1.98. The highest BCUT2D eigenvalue weighted by Gasteiger charge is 2.09. The van der Waals surface area contributed by atoms with Crippen molar-refractivity contribution in [3.8, 4) is 17.2 Å². The van der Waals surface area contributed by atoms with Gasteiger partial charge < -0.3 is 14.2 Å². The average Bonchev–Trinajstić information content (AvgIpc) is 2.67. The molecule has 7 heteroatoms. The van der Waals surface area contributed by atoms with Crippen molar-refractivity contribution in [2.75, 3.05) is 19.8 Å². The lowest BCUT2D eigenvalue weighted by Gasteiger charge is -2.12. The lowest BCUT2D eigenvalue weighted by molar-refractivity contribution is -0.123. The largest absolute Gasteiger partial charge is 0.490 e. The van der Waals surface area contributed by atoms with Crippen LogP contribution in [0.2, 0.25) is 5.02 Å². The van der Waals surface area contributed by atoms with E-state index in [-0.39, 0.29) is 12.5 Å². The first-order chi connectivity index (χ1) is 13.0. The van der Waals surface area contributed by atoms with E-state index in [2.05, 4.69) is 10.5 Å². The van der Waals surface area contributed by atoms with Gasteiger partial charge in [-0.3, -0.25) is 4.79 Å². The third-order valence-corrected chi connectivity index (χ3v) is 3.82. The Bertz CT molecular complexity index is 808. The summed E-state index contributed by atoms with van der Waals surface area (Å²) in [5.41, 5.74) is 3.91. The monoisotopic (exact) mass is 390 g/mol. The molecule has 0 atom stereocenters. The van der Waals surface area contributed by atoms with Gasteiger partial charge in [0.15, 0.2) is 18.1 Å². The van der Waals surface area contributed by atoms with E-state index < -0.39 is 0 Å². The Morgan fingerprint density at radius 3 is 2.41 bits per heavy atom. The van der Waals surface area contributed by atoms with E-state index in [1.165, 1.54) is 0 Å². The fraction of sp³-hybridized carbons (Fsp3) is 0.300. The molecule has 27 heavy (non-hydrogen) atoms. The number of amides is 1. The smallest absolute Gasteiger partial charge is 0.277 e. The minimum absolute atomic E-state index is 0.187. The SMILES string of the molecule is CCOc1ccc(/C(C)=N\NC(=O)COc2ccccc2Cl)cc1OCC. The first kappa shape index (κ1) is 20.6. The molecule has 6 nitrogen and oxygen atoms in total. The summed E-state index contributed by atoms with van der Waals surface area (Å²) < 4.78 is 16.5. The lowest BCUT2D eigenvalue weighted by Crippen LogP contribution is -2.25. The highest BCUT2D eigenvalue weighted by Crippen LogP contribution is 2.28. The second-order valence-corrected chi connectivity index (χ2v) is 5.89. The van der Waals surface area contributed by atoms with Crippen LogP contribution in [0.15, 0.2) is 47.6 Å². The number of rotatable bonds is 9. The van der Waals surface area contributed by atoms with Crippen LogP contribution in [-0.4, -0.2) is 31.4 Å². The number of hydrogen-bond donors (Lipinski definition) is 1. The molecule has 0 unspecified atom stereocenters. The molecule has 2 aromatic carbocycles. The summed E-state index contributed by atoms with van der Waals surface area (Å²) in [6.45, 7) is 6.50. The second-order valence-electron chi connectivity index (χ2n) is 5.48. The van der Waals surface area contributed by atoms with Crippen LogP contribution in [0.3, 0.4) is 0 Å². The minimum atomic E-state index is -0.384. The van der Waals surface area contributed by atoms with Gasteiger partial charge in [0.05, 0.1) is 23.9 Å². The Hall–Kier alpha value is -2.73. The Labute approximate surface area is 164 Å². The number of nitrogens with one attached hydrogen (secondary N) is 1. The van der Waals surface area contributed by atoms with Gasteiger partial charge in [-0.15, -0.1) is 0 Å². The molecule has 0 heterocycles. The van der Waals surface area contributed by atoms with Crippen LogP contribution < -0.4 is 19.6 Å². The van der Waals surface area contributed by atoms with Crippen LogP contribution in [0.1, 0.15) is 26.3 Å². The van der Waals surface area contributed by atoms with Gasteiger partial charge in [0.2, 0.25) is 0 Å². The van der Waals surface area contributed by atoms with Crippen LogP contribution >= 0.6 is 11.6 Å². The summed E-state index contributed by atoms with van der Waals surface area (Å²) in [4.78, 5) is 11.9. The molecule has 0 aliphatic heterocycles. The molecule has 0 saturated carbocycles. The predicted octanol–water partition coefficient (Wildman–Crippen LogP) is 4.06. The summed E-state index contributed by atoms with van der Waals surface area (Å²) in [5, 5.41) is 4.56. The van der Waals surface area contributed by atoms with Crippen molar-refractivity contribution in [2.24, 2.45) is 5.10 Å². The molecule has 0 fully saturated rings. The fourth-order valence-electron chi connectivity index (χ4n) is 2.22. The maximum atomic E-state index is 11.9. The van der Waals surface area contributed by atoms with E-state index in [9.17, 15) is 4.79 Å². The summed E-state index contributed by atoms with van der Waals surface area (Å²) in [5.74, 6) is 1.38. The zero-order chi connectivity index (χ0) is 19.6. The van der Waals surface area contributed by atoms with Gasteiger partial charge in [0, 0.05) is 5.56 Å². The van der Waals surface area contributed by atoms with Crippen molar-refractivity contribution in [3.63, 3.8) is 0 Å². The molecule has 1 amide bonds. The first-order valence-electron chi connectivity index (χ1n) is 8.65. The van der Waals surface area contributed by atoms with Crippen molar-refractivity contribution in [1.82, 2.24) is 5.43 Å². The molecular formula is C20H23ClN2O4. The second kappa shape index (κ2) is 10.4. The number of carbonyl (C=O) groups excluding carboxylic acids is 1. The summed E-state index contributed by atoms with van der Waals surface area (Å²) in [6, 6.07) is 12.5. The van der Waals surface area contributed by atoms with Gasteiger partial charge in [-0.2, -0.15) is 5.10 Å². The maximum Gasteiger partial charge on any atom is 0.277 e. The highest BCUT2D eigenvalue weighted by molar-refractivity contribution is 6.32. The first-order valence-corrected chi connectivity index (χ1v) is 9.03. The predicted molar refractivity (Wildman–Crippen MR) is 106 cm³/mol. The van der Waals surface area contributed by atoms with Crippen molar-refractivity contribution in [1.29, 1.82) is 0 Å². The van der Waals surface area contributed by atoms with E-state index in [1.54, 1.807) is 31.2 Å². The number of nitrogens with zero attached hydrogens (tertiary/aromatic N) is 1. The molecule has 144 valence electrons. The van der Waals surface area contributed by atoms with Crippen molar-refractivity contribution in [3.05, 3.63) is 53.1 Å². The van der Waals surface area contributed by atoms with Crippen molar-refractivity contribution >= 4 is 23.2 Å². The van der Waals surface area contributed by atoms with E-state index in [1.807, 2.05) is 32.0 Å². The van der Waals surface area contributed by atoms with E-state index in [0.29, 0.717) is 41.2 Å². The summed E-state index contributed by atoms with van der Waals surface area (Å²) in [7, 11) is 0. The fourth-order valence-corrected chi connectivity index (χ4v) is 2.41. The number of hydrazone groups is 1. The molecule has 0 aliphatic carbocycles. The van der Waals surface area contributed by atoms with Crippen LogP contribution in [-0.2, 0) is 4.79 Å². The van der Waals surface area contributed by atoms with Gasteiger partial charge in [0.25, 0.3) is 5.91 Å². The lowest BCUT2D eigenvalue weighted by atomic mass is 10.1. The number of halogens is 1. The molecule has 2 rings (SSSR count). The van der Waals surface area contributed by atoms with Crippen LogP contribution in [0.5, 0.6) is 17.2 Å². The van der Waals surface area contributed by atoms with Crippen molar-refractivity contribution < 1.29 is 19.0 Å². The standard InChI is InChI=1S/C20H23ClN2O4/c1-4-25-18-11-10-15(12-19(18)26-5-2)14(3)22-23-20(24)13-27-17-9-7-6-8-16(17)21/h6-12H,4-5,13H2,1-3H3,(H,23,24)/b22-14-. The average molecular weight is 391 g/mol. The van der Waals surface area contributed by atoms with Gasteiger partial charge in [-0.05, 0) is 51.1 Å². The van der Waals surface area contributed by atoms with E-state index >= 15 is 0 Å². The Morgan fingerprint density at radius 2 is 1.70 bits per heavy atom. The van der Waals surface area contributed by atoms with Gasteiger partial charge in [0.1, 0.15) is 5.75 Å². The normalized spacial score (nSPS) is 11.0. The number of benzene rings is 2. The van der Waals surface area contributed by atoms with Crippen LogP contribution in [0, 0.1) is 0 Å². The topological polar surface area (TPSA) is 69.2 Å². The number of hydrogen-bond acceptors (Lipinski definition) is 5. The highest BCUT2D eigenvalue weighted by atomic mass is 35.5. The Morgan fingerprint density at radius 1 is 1.00 bits per heavy atom. The maximum absolute atomic E-state index is 11.9. The molecular weight excluding hydrogens is 368 g/mol. The number of carbonyl (C=O) groups is 1. The van der Waals surface area contributed by atoms with Crippen molar-refractivity contribution in [2.45, 2.75) is 20.8 Å². The van der Waals surface area contributed by atoms with Crippen LogP contribution in [0.4, 0.5) is 0 Å². The quantitative estimate of drug-likeness (QED) is 0.518. The summed E-state index contributed by atoms with van der Waals surface area (Å²) in [6.07, 6.45) is 0. The van der Waals surface area contributed by atoms with Gasteiger partial charge in [-0.1, -0.05) is 23.7 Å². The van der Waals surface area contributed by atoms with Crippen LogP contribution in [0.25, 0.3) is 0 Å². The molecule has 0 bridgehead atoms.